The number of hydrogen-bond acceptors (Lipinski definition) is 3. The molecule has 1 heterocycles. The molecule has 0 aliphatic heterocycles. The number of amides is 1. The number of carbonyl (C=O) groups excluding carboxylic acids is 1. The third-order valence-electron chi connectivity index (χ3n) is 3.77. The van der Waals surface area contributed by atoms with Gasteiger partial charge in [0.1, 0.15) is 0 Å². The van der Waals surface area contributed by atoms with Gasteiger partial charge in [0.15, 0.2) is 0 Å². The van der Waals surface area contributed by atoms with Crippen LogP contribution in [0.4, 0.5) is 0 Å². The predicted octanol–water partition coefficient (Wildman–Crippen LogP) is 1.47. The molecule has 1 unspecified atom stereocenters. The van der Waals surface area contributed by atoms with Crippen molar-refractivity contribution in [1.29, 1.82) is 0 Å². The van der Waals surface area contributed by atoms with E-state index in [9.17, 15) is 9.59 Å². The number of pyridine rings is 1. The van der Waals surface area contributed by atoms with Crippen molar-refractivity contribution in [3.8, 4) is 0 Å². The molecule has 1 rings (SSSR count). The van der Waals surface area contributed by atoms with Crippen LogP contribution in [0, 0.1) is 5.92 Å². The number of nitrogens with one attached hydrogen (secondary N) is 2. The molecule has 1 atom stereocenters. The van der Waals surface area contributed by atoms with Crippen LogP contribution in [-0.4, -0.2) is 42.5 Å². The molecule has 0 bridgehead atoms. The normalized spacial score (nSPS) is 12.7. The summed E-state index contributed by atoms with van der Waals surface area (Å²) in [6.07, 6.45) is 3.63. The van der Waals surface area contributed by atoms with E-state index in [1.807, 2.05) is 14.1 Å². The maximum Gasteiger partial charge on any atom is 0.252 e. The second-order valence-electron chi connectivity index (χ2n) is 5.26. The molecule has 0 aromatic carbocycles. The molecule has 0 aliphatic carbocycles. The molecule has 20 heavy (non-hydrogen) atoms. The van der Waals surface area contributed by atoms with Crippen LogP contribution in [0.5, 0.6) is 0 Å². The first-order valence-corrected chi connectivity index (χ1v) is 7.12. The summed E-state index contributed by atoms with van der Waals surface area (Å²) in [5.74, 6) is 0.403. The molecule has 2 N–H and O–H groups in total. The summed E-state index contributed by atoms with van der Waals surface area (Å²) in [6.45, 7) is 4.96. The van der Waals surface area contributed by atoms with E-state index >= 15 is 0 Å². The molecule has 0 radical (unpaired) electrons. The summed E-state index contributed by atoms with van der Waals surface area (Å²) in [4.78, 5) is 27.7. The fourth-order valence-electron chi connectivity index (χ4n) is 2.45. The standard InChI is InChI=1S/C15H25N3O2/c1-5-11(6-2)13(18(3)4)10-17-15(20)12-7-8-14(19)16-9-12/h7-9,11,13H,5-6,10H2,1-4H3,(H,16,19)(H,17,20). The Morgan fingerprint density at radius 2 is 1.95 bits per heavy atom. The lowest BCUT2D eigenvalue weighted by Gasteiger charge is -2.31. The summed E-state index contributed by atoms with van der Waals surface area (Å²) in [6, 6.07) is 3.21. The number of nitrogens with zero attached hydrogens (tertiary/aromatic N) is 1. The van der Waals surface area contributed by atoms with Crippen molar-refractivity contribution in [3.05, 3.63) is 34.2 Å². The van der Waals surface area contributed by atoms with Crippen LogP contribution < -0.4 is 10.9 Å². The van der Waals surface area contributed by atoms with Crippen molar-refractivity contribution in [2.75, 3.05) is 20.6 Å². The molecular formula is C15H25N3O2. The molecule has 1 amide bonds. The molecule has 0 fully saturated rings. The van der Waals surface area contributed by atoms with Crippen LogP contribution in [0.15, 0.2) is 23.1 Å². The van der Waals surface area contributed by atoms with E-state index in [4.69, 9.17) is 0 Å². The maximum absolute atomic E-state index is 12.0. The van der Waals surface area contributed by atoms with Gasteiger partial charge in [-0.1, -0.05) is 26.7 Å². The highest BCUT2D eigenvalue weighted by Crippen LogP contribution is 2.16. The zero-order valence-electron chi connectivity index (χ0n) is 12.8. The molecule has 112 valence electrons. The van der Waals surface area contributed by atoms with Gasteiger partial charge in [0, 0.05) is 24.8 Å². The molecule has 5 nitrogen and oxygen atoms in total. The van der Waals surface area contributed by atoms with E-state index in [0.717, 1.165) is 12.8 Å². The average molecular weight is 279 g/mol. The van der Waals surface area contributed by atoms with Crippen LogP contribution in [0.25, 0.3) is 0 Å². The van der Waals surface area contributed by atoms with Gasteiger partial charge in [-0.3, -0.25) is 9.59 Å². The number of rotatable bonds is 7. The summed E-state index contributed by atoms with van der Waals surface area (Å²) < 4.78 is 0. The van der Waals surface area contributed by atoms with E-state index in [1.165, 1.54) is 18.3 Å². The van der Waals surface area contributed by atoms with Crippen molar-refractivity contribution in [2.24, 2.45) is 5.92 Å². The number of aromatic nitrogens is 1. The molecule has 0 aliphatic rings. The van der Waals surface area contributed by atoms with Gasteiger partial charge in [0.05, 0.1) is 5.56 Å². The Balaban J connectivity index is 2.65. The number of likely N-dealkylation sites (N-methyl/N-ethyl adjacent to an activating group) is 1. The number of aromatic amines is 1. The number of carbonyl (C=O) groups is 1. The number of hydrogen-bond donors (Lipinski definition) is 2. The van der Waals surface area contributed by atoms with Crippen molar-refractivity contribution in [2.45, 2.75) is 32.7 Å². The van der Waals surface area contributed by atoms with E-state index < -0.39 is 0 Å². The van der Waals surface area contributed by atoms with Gasteiger partial charge in [0.25, 0.3) is 5.91 Å². The summed E-state index contributed by atoms with van der Waals surface area (Å²) >= 11 is 0. The monoisotopic (exact) mass is 279 g/mol. The minimum atomic E-state index is -0.204. The Hall–Kier alpha value is -1.62. The Kier molecular flexibility index (Phi) is 6.45. The fourth-order valence-corrected chi connectivity index (χ4v) is 2.45. The van der Waals surface area contributed by atoms with Crippen LogP contribution >= 0.6 is 0 Å². The van der Waals surface area contributed by atoms with Crippen molar-refractivity contribution < 1.29 is 4.79 Å². The van der Waals surface area contributed by atoms with Gasteiger partial charge >= 0.3 is 0 Å². The first-order valence-electron chi connectivity index (χ1n) is 7.12. The molecule has 1 aromatic heterocycles. The lowest BCUT2D eigenvalue weighted by molar-refractivity contribution is 0.0928. The predicted molar refractivity (Wildman–Crippen MR) is 80.9 cm³/mol. The Morgan fingerprint density at radius 1 is 1.30 bits per heavy atom. The van der Waals surface area contributed by atoms with Gasteiger partial charge in [-0.15, -0.1) is 0 Å². The summed E-state index contributed by atoms with van der Waals surface area (Å²) in [7, 11) is 4.07. The second-order valence-corrected chi connectivity index (χ2v) is 5.26. The first-order chi connectivity index (χ1) is 9.49. The minimum absolute atomic E-state index is 0.154. The third kappa shape index (κ3) is 4.49. The maximum atomic E-state index is 12.0. The lowest BCUT2D eigenvalue weighted by Crippen LogP contribution is -2.44. The molecule has 5 heteroatoms. The van der Waals surface area contributed by atoms with Gasteiger partial charge in [-0.25, -0.2) is 0 Å². The minimum Gasteiger partial charge on any atom is -0.350 e. The van der Waals surface area contributed by atoms with Crippen molar-refractivity contribution in [1.82, 2.24) is 15.2 Å². The van der Waals surface area contributed by atoms with Crippen LogP contribution in [0.3, 0.4) is 0 Å². The molecule has 1 aromatic rings. The quantitative estimate of drug-likeness (QED) is 0.794. The Bertz CT molecular complexity index is 458. The van der Waals surface area contributed by atoms with E-state index in [2.05, 4.69) is 29.0 Å². The molecule has 0 saturated heterocycles. The molecular weight excluding hydrogens is 254 g/mol. The second kappa shape index (κ2) is 7.85. The lowest BCUT2D eigenvalue weighted by atomic mass is 9.93. The highest BCUT2D eigenvalue weighted by Gasteiger charge is 2.21. The zero-order chi connectivity index (χ0) is 15.1. The van der Waals surface area contributed by atoms with Gasteiger partial charge < -0.3 is 15.2 Å². The van der Waals surface area contributed by atoms with Crippen molar-refractivity contribution in [3.63, 3.8) is 0 Å². The highest BCUT2D eigenvalue weighted by molar-refractivity contribution is 5.93. The average Bonchev–Trinajstić information content (AvgIpc) is 2.43. The van der Waals surface area contributed by atoms with Gasteiger partial charge in [-0.05, 0) is 26.1 Å². The molecule has 0 saturated carbocycles. The summed E-state index contributed by atoms with van der Waals surface area (Å²) in [5.41, 5.74) is 0.274. The topological polar surface area (TPSA) is 65.2 Å². The smallest absolute Gasteiger partial charge is 0.252 e. The Labute approximate surface area is 120 Å². The van der Waals surface area contributed by atoms with Crippen molar-refractivity contribution >= 4 is 5.91 Å². The van der Waals surface area contributed by atoms with Crippen LogP contribution in [0.1, 0.15) is 37.0 Å². The van der Waals surface area contributed by atoms with Gasteiger partial charge in [-0.2, -0.15) is 0 Å². The Morgan fingerprint density at radius 3 is 2.40 bits per heavy atom. The SMILES string of the molecule is CCC(CC)C(CNC(=O)c1ccc(=O)[nH]c1)N(C)C. The summed E-state index contributed by atoms with van der Waals surface area (Å²) in [5, 5.41) is 2.95. The third-order valence-corrected chi connectivity index (χ3v) is 3.77. The molecule has 0 spiro atoms. The van der Waals surface area contributed by atoms with Gasteiger partial charge in [0.2, 0.25) is 5.56 Å². The fraction of sp³-hybridized carbons (Fsp3) is 0.600. The first kappa shape index (κ1) is 16.4. The largest absolute Gasteiger partial charge is 0.350 e. The van der Waals surface area contributed by atoms with Crippen LogP contribution in [0.2, 0.25) is 0 Å². The number of H-pyrrole nitrogens is 1. The van der Waals surface area contributed by atoms with E-state index in [-0.39, 0.29) is 11.5 Å². The zero-order valence-corrected chi connectivity index (χ0v) is 12.8. The van der Waals surface area contributed by atoms with E-state index in [1.54, 1.807) is 0 Å². The van der Waals surface area contributed by atoms with E-state index in [0.29, 0.717) is 24.1 Å². The van der Waals surface area contributed by atoms with Crippen LogP contribution in [-0.2, 0) is 0 Å². The highest BCUT2D eigenvalue weighted by atomic mass is 16.1.